The van der Waals surface area contributed by atoms with Gasteiger partial charge in [0.15, 0.2) is 0 Å². The number of hydrogen-bond acceptors (Lipinski definition) is 3. The van der Waals surface area contributed by atoms with Gasteiger partial charge in [0.05, 0.1) is 0 Å². The number of hydrogen-bond donors (Lipinski definition) is 2. The molecule has 94 valence electrons. The number of nitrogens with zero attached hydrogens (tertiary/aromatic N) is 1. The molecule has 0 aliphatic carbocycles. The highest BCUT2D eigenvalue weighted by Crippen LogP contribution is 1.94. The first-order chi connectivity index (χ1) is 8.22. The van der Waals surface area contributed by atoms with Gasteiger partial charge in [-0.15, -0.1) is 0 Å². The Bertz CT molecular complexity index is 327. The van der Waals surface area contributed by atoms with Gasteiger partial charge in [0, 0.05) is 37.9 Å². The summed E-state index contributed by atoms with van der Waals surface area (Å²) in [5, 5.41) is 6.16. The molecule has 1 aromatic heterocycles. The van der Waals surface area contributed by atoms with Crippen LogP contribution in [0, 0.1) is 0 Å². The number of pyridine rings is 1. The van der Waals surface area contributed by atoms with Crippen molar-refractivity contribution in [1.29, 1.82) is 0 Å². The van der Waals surface area contributed by atoms with Crippen LogP contribution in [0.1, 0.15) is 32.3 Å². The molecule has 0 bridgehead atoms. The van der Waals surface area contributed by atoms with E-state index in [-0.39, 0.29) is 11.9 Å². The first kappa shape index (κ1) is 13.6. The topological polar surface area (TPSA) is 54.0 Å². The predicted molar refractivity (Wildman–Crippen MR) is 68.5 cm³/mol. The first-order valence-electron chi connectivity index (χ1n) is 6.11. The second-order valence-corrected chi connectivity index (χ2v) is 4.16. The normalized spacial score (nSPS) is 12.1. The van der Waals surface area contributed by atoms with E-state index in [0.29, 0.717) is 13.0 Å². The maximum atomic E-state index is 11.5. The summed E-state index contributed by atoms with van der Waals surface area (Å²) >= 11 is 0. The van der Waals surface area contributed by atoms with Crippen molar-refractivity contribution in [2.75, 3.05) is 6.54 Å². The van der Waals surface area contributed by atoms with E-state index < -0.39 is 0 Å². The molecular weight excluding hydrogens is 214 g/mol. The third kappa shape index (κ3) is 6.02. The van der Waals surface area contributed by atoms with E-state index in [0.717, 1.165) is 18.5 Å². The van der Waals surface area contributed by atoms with Crippen LogP contribution in [-0.2, 0) is 11.3 Å². The number of rotatable bonds is 7. The van der Waals surface area contributed by atoms with Gasteiger partial charge in [0.1, 0.15) is 0 Å². The quantitative estimate of drug-likeness (QED) is 0.704. The first-order valence-corrected chi connectivity index (χ1v) is 6.11. The van der Waals surface area contributed by atoms with Crippen LogP contribution in [-0.4, -0.2) is 23.5 Å². The van der Waals surface area contributed by atoms with Gasteiger partial charge >= 0.3 is 0 Å². The van der Waals surface area contributed by atoms with Gasteiger partial charge in [-0.3, -0.25) is 9.78 Å². The van der Waals surface area contributed by atoms with E-state index >= 15 is 0 Å². The number of nitrogens with one attached hydrogen (secondary N) is 2. The largest absolute Gasteiger partial charge is 0.354 e. The molecule has 4 nitrogen and oxygen atoms in total. The Balaban J connectivity index is 2.10. The minimum absolute atomic E-state index is 0.109. The number of carbonyl (C=O) groups is 1. The van der Waals surface area contributed by atoms with E-state index in [4.69, 9.17) is 0 Å². The van der Waals surface area contributed by atoms with E-state index in [1.165, 1.54) is 0 Å². The van der Waals surface area contributed by atoms with Crippen molar-refractivity contribution in [3.63, 3.8) is 0 Å². The van der Waals surface area contributed by atoms with Crippen LogP contribution in [0.2, 0.25) is 0 Å². The van der Waals surface area contributed by atoms with Gasteiger partial charge in [-0.1, -0.05) is 13.0 Å². The van der Waals surface area contributed by atoms with Gasteiger partial charge in [-0.05, 0) is 25.0 Å². The number of carbonyl (C=O) groups excluding carboxylic acids is 1. The average molecular weight is 235 g/mol. The summed E-state index contributed by atoms with van der Waals surface area (Å²) in [7, 11) is 0. The smallest absolute Gasteiger partial charge is 0.221 e. The second kappa shape index (κ2) is 7.79. The lowest BCUT2D eigenvalue weighted by Crippen LogP contribution is -2.33. The highest BCUT2D eigenvalue weighted by Gasteiger charge is 2.04. The number of amides is 1. The summed E-state index contributed by atoms with van der Waals surface area (Å²) in [6.45, 7) is 5.52. The van der Waals surface area contributed by atoms with Crippen LogP contribution in [0.25, 0.3) is 0 Å². The summed E-state index contributed by atoms with van der Waals surface area (Å²) in [6.07, 6.45) is 5.06. The molecule has 0 fully saturated rings. The van der Waals surface area contributed by atoms with Crippen molar-refractivity contribution in [1.82, 2.24) is 15.6 Å². The highest BCUT2D eigenvalue weighted by molar-refractivity contribution is 5.76. The molecule has 0 radical (unpaired) electrons. The molecule has 1 aromatic rings. The van der Waals surface area contributed by atoms with Crippen molar-refractivity contribution in [3.8, 4) is 0 Å². The molecule has 1 heterocycles. The molecular formula is C13H21N3O. The zero-order valence-electron chi connectivity index (χ0n) is 10.6. The molecule has 0 aliphatic heterocycles. The molecule has 0 saturated heterocycles. The Morgan fingerprint density at radius 1 is 1.53 bits per heavy atom. The Labute approximate surface area is 103 Å². The molecule has 2 N–H and O–H groups in total. The van der Waals surface area contributed by atoms with Crippen LogP contribution in [0.5, 0.6) is 0 Å². The molecule has 0 spiro atoms. The molecule has 1 atom stereocenters. The van der Waals surface area contributed by atoms with E-state index in [1.807, 2.05) is 25.3 Å². The van der Waals surface area contributed by atoms with E-state index in [2.05, 4.69) is 22.5 Å². The Morgan fingerprint density at radius 3 is 3.00 bits per heavy atom. The molecule has 0 aliphatic rings. The summed E-state index contributed by atoms with van der Waals surface area (Å²) in [6, 6.07) is 4.19. The van der Waals surface area contributed by atoms with Gasteiger partial charge in [-0.2, -0.15) is 0 Å². The summed E-state index contributed by atoms with van der Waals surface area (Å²) in [5.74, 6) is 0.109. The van der Waals surface area contributed by atoms with Crippen LogP contribution in [0.15, 0.2) is 24.5 Å². The maximum absolute atomic E-state index is 11.5. The van der Waals surface area contributed by atoms with Crippen molar-refractivity contribution in [3.05, 3.63) is 30.1 Å². The second-order valence-electron chi connectivity index (χ2n) is 4.16. The van der Waals surface area contributed by atoms with Crippen molar-refractivity contribution in [2.45, 2.75) is 39.3 Å². The fraction of sp³-hybridized carbons (Fsp3) is 0.538. The molecule has 1 unspecified atom stereocenters. The van der Waals surface area contributed by atoms with E-state index in [1.54, 1.807) is 6.20 Å². The Kier molecular flexibility index (Phi) is 6.25. The van der Waals surface area contributed by atoms with Gasteiger partial charge in [0.25, 0.3) is 0 Å². The predicted octanol–water partition coefficient (Wildman–Crippen LogP) is 1.48. The van der Waals surface area contributed by atoms with Crippen LogP contribution < -0.4 is 10.6 Å². The fourth-order valence-corrected chi connectivity index (χ4v) is 1.39. The van der Waals surface area contributed by atoms with Crippen molar-refractivity contribution >= 4 is 5.91 Å². The number of aromatic nitrogens is 1. The fourth-order valence-electron chi connectivity index (χ4n) is 1.39. The molecule has 1 amide bonds. The monoisotopic (exact) mass is 235 g/mol. The summed E-state index contributed by atoms with van der Waals surface area (Å²) < 4.78 is 0. The third-order valence-corrected chi connectivity index (χ3v) is 2.60. The lowest BCUT2D eigenvalue weighted by molar-refractivity contribution is -0.121. The van der Waals surface area contributed by atoms with Crippen molar-refractivity contribution < 1.29 is 4.79 Å². The van der Waals surface area contributed by atoms with E-state index in [9.17, 15) is 4.79 Å². The molecule has 17 heavy (non-hydrogen) atoms. The molecule has 0 saturated carbocycles. The maximum Gasteiger partial charge on any atom is 0.221 e. The van der Waals surface area contributed by atoms with Gasteiger partial charge < -0.3 is 10.6 Å². The molecule has 1 rings (SSSR count). The summed E-state index contributed by atoms with van der Waals surface area (Å²) in [4.78, 5) is 15.5. The SMILES string of the molecule is CCC(C)NC(=O)CCNCc1cccnc1. The average Bonchev–Trinajstić information content (AvgIpc) is 2.36. The van der Waals surface area contributed by atoms with Crippen molar-refractivity contribution in [2.24, 2.45) is 0 Å². The van der Waals surface area contributed by atoms with Gasteiger partial charge in [-0.25, -0.2) is 0 Å². The highest BCUT2D eigenvalue weighted by atomic mass is 16.1. The Morgan fingerprint density at radius 2 is 2.35 bits per heavy atom. The zero-order valence-corrected chi connectivity index (χ0v) is 10.6. The van der Waals surface area contributed by atoms with Gasteiger partial charge in [0.2, 0.25) is 5.91 Å². The zero-order chi connectivity index (χ0) is 12.5. The standard InChI is InChI=1S/C13H21N3O/c1-3-11(2)16-13(17)6-8-15-10-12-5-4-7-14-9-12/h4-5,7,9,11,15H,3,6,8,10H2,1-2H3,(H,16,17). The molecule has 0 aromatic carbocycles. The summed E-state index contributed by atoms with van der Waals surface area (Å²) in [5.41, 5.74) is 1.13. The minimum atomic E-state index is 0.109. The molecule has 4 heteroatoms. The van der Waals surface area contributed by atoms with Crippen LogP contribution >= 0.6 is 0 Å². The van der Waals surface area contributed by atoms with Crippen LogP contribution in [0.3, 0.4) is 0 Å². The minimum Gasteiger partial charge on any atom is -0.354 e. The lowest BCUT2D eigenvalue weighted by Gasteiger charge is -2.11. The third-order valence-electron chi connectivity index (χ3n) is 2.60. The Hall–Kier alpha value is -1.42. The van der Waals surface area contributed by atoms with Crippen LogP contribution in [0.4, 0.5) is 0 Å². The lowest BCUT2D eigenvalue weighted by atomic mass is 10.2.